The minimum Gasteiger partial charge on any atom is -0.406 e. The number of aromatic nitrogens is 4. The highest BCUT2D eigenvalue weighted by Crippen LogP contribution is 2.31. The van der Waals surface area contributed by atoms with Crippen molar-refractivity contribution in [2.45, 2.75) is 25.8 Å². The first-order valence-corrected chi connectivity index (χ1v) is 7.18. The van der Waals surface area contributed by atoms with Gasteiger partial charge in [0.1, 0.15) is 5.75 Å². The van der Waals surface area contributed by atoms with E-state index in [9.17, 15) is 27.1 Å². The maximum absolute atomic E-state index is 13.7. The van der Waals surface area contributed by atoms with Crippen LogP contribution in [0.4, 0.5) is 22.0 Å². The molecule has 0 saturated heterocycles. The Morgan fingerprint density at radius 1 is 1.08 bits per heavy atom. The lowest BCUT2D eigenvalue weighted by Crippen LogP contribution is -2.17. The summed E-state index contributed by atoms with van der Waals surface area (Å²) in [6.07, 6.45) is -3.66. The summed E-state index contributed by atoms with van der Waals surface area (Å²) >= 11 is 0. The molecule has 11 heteroatoms. The van der Waals surface area contributed by atoms with Crippen LogP contribution in [0.1, 0.15) is 18.4 Å². The number of fused-ring (bicyclic) bond motifs is 1. The van der Waals surface area contributed by atoms with E-state index in [4.69, 9.17) is 0 Å². The molecule has 0 saturated carbocycles. The summed E-state index contributed by atoms with van der Waals surface area (Å²) in [6.45, 7) is -0.0322. The van der Waals surface area contributed by atoms with Gasteiger partial charge in [0.25, 0.3) is 0 Å². The van der Waals surface area contributed by atoms with E-state index in [0.717, 1.165) is 16.5 Å². The predicted octanol–water partition coefficient (Wildman–Crippen LogP) is 3.29. The lowest BCUT2D eigenvalue weighted by Gasteiger charge is -2.14. The molecule has 0 radical (unpaired) electrons. The molecule has 26 heavy (non-hydrogen) atoms. The van der Waals surface area contributed by atoms with Crippen LogP contribution in [-0.4, -0.2) is 31.1 Å². The molecule has 2 heterocycles. The highest BCUT2D eigenvalue weighted by Gasteiger charge is 2.33. The molecular formula is C15H11F5N4O2. The van der Waals surface area contributed by atoms with Crippen LogP contribution in [0.15, 0.2) is 30.5 Å². The maximum Gasteiger partial charge on any atom is 0.573 e. The Morgan fingerprint density at radius 3 is 2.27 bits per heavy atom. The molecular weight excluding hydrogens is 363 g/mol. The van der Waals surface area contributed by atoms with Crippen LogP contribution in [0.25, 0.3) is 16.9 Å². The average molecular weight is 374 g/mol. The molecule has 0 spiro atoms. The average Bonchev–Trinajstić information content (AvgIpc) is 2.97. The quantitative estimate of drug-likeness (QED) is 0.710. The molecule has 0 bridgehead atoms. The van der Waals surface area contributed by atoms with Crippen LogP contribution in [-0.2, 0) is 12.5 Å². The topological polar surface area (TPSA) is 72.5 Å². The zero-order chi connectivity index (χ0) is 19.1. The molecule has 0 fully saturated rings. The van der Waals surface area contributed by atoms with Crippen LogP contribution in [0.5, 0.6) is 5.75 Å². The Kier molecular flexibility index (Phi) is 4.26. The second-order valence-corrected chi connectivity index (χ2v) is 5.39. The van der Waals surface area contributed by atoms with Crippen molar-refractivity contribution in [1.82, 2.24) is 19.6 Å². The van der Waals surface area contributed by atoms with E-state index < -0.39 is 30.5 Å². The third kappa shape index (κ3) is 3.43. The molecule has 1 aromatic carbocycles. The molecule has 0 aliphatic rings. The van der Waals surface area contributed by atoms with Gasteiger partial charge in [0.15, 0.2) is 5.65 Å². The number of hydrogen-bond donors (Lipinski definition) is 1. The normalized spacial score (nSPS) is 12.6. The number of ether oxygens (including phenoxy) is 1. The Morgan fingerprint density at radius 2 is 1.73 bits per heavy atom. The summed E-state index contributed by atoms with van der Waals surface area (Å²) < 4.78 is 68.9. The van der Waals surface area contributed by atoms with E-state index in [1.807, 2.05) is 0 Å². The number of aliphatic hydroxyl groups is 1. The fourth-order valence-electron chi connectivity index (χ4n) is 2.43. The second-order valence-electron chi connectivity index (χ2n) is 5.39. The molecule has 3 rings (SSSR count). The van der Waals surface area contributed by atoms with Gasteiger partial charge in [-0.2, -0.15) is 8.78 Å². The van der Waals surface area contributed by atoms with Crippen molar-refractivity contribution >= 4 is 5.65 Å². The summed E-state index contributed by atoms with van der Waals surface area (Å²) in [4.78, 5) is 4.06. The third-order valence-corrected chi connectivity index (χ3v) is 3.44. The Bertz CT molecular complexity index is 932. The summed E-state index contributed by atoms with van der Waals surface area (Å²) in [6, 6.07) is 4.64. The molecule has 3 aromatic rings. The summed E-state index contributed by atoms with van der Waals surface area (Å²) in [7, 11) is 0. The number of benzene rings is 1. The second kappa shape index (κ2) is 6.16. The van der Waals surface area contributed by atoms with Gasteiger partial charge >= 0.3 is 12.3 Å². The van der Waals surface area contributed by atoms with Crippen LogP contribution in [0.2, 0.25) is 0 Å². The van der Waals surface area contributed by atoms with Crippen molar-refractivity contribution in [2.75, 3.05) is 0 Å². The zero-order valence-corrected chi connectivity index (χ0v) is 13.1. The monoisotopic (exact) mass is 374 g/mol. The Labute approximate surface area is 142 Å². The van der Waals surface area contributed by atoms with Gasteiger partial charge in [-0.3, -0.25) is 9.38 Å². The van der Waals surface area contributed by atoms with E-state index in [2.05, 4.69) is 19.9 Å². The molecule has 0 aliphatic carbocycles. The van der Waals surface area contributed by atoms with E-state index in [1.165, 1.54) is 18.3 Å². The Balaban J connectivity index is 2.10. The first kappa shape index (κ1) is 18.0. The van der Waals surface area contributed by atoms with Crippen molar-refractivity contribution in [3.05, 3.63) is 42.0 Å². The van der Waals surface area contributed by atoms with E-state index >= 15 is 0 Å². The van der Waals surface area contributed by atoms with Gasteiger partial charge in [-0.1, -0.05) is 0 Å². The number of rotatable bonds is 4. The van der Waals surface area contributed by atoms with E-state index in [-0.39, 0.29) is 17.0 Å². The minimum absolute atomic E-state index is 0.00588. The number of aliphatic hydroxyl groups excluding tert-OH is 1. The van der Waals surface area contributed by atoms with Crippen molar-refractivity contribution < 1.29 is 31.8 Å². The third-order valence-electron chi connectivity index (χ3n) is 3.44. The molecule has 2 aromatic heterocycles. The summed E-state index contributed by atoms with van der Waals surface area (Å²) in [5.41, 5.74) is 0.383. The molecule has 6 nitrogen and oxygen atoms in total. The van der Waals surface area contributed by atoms with Crippen molar-refractivity contribution in [3.63, 3.8) is 0 Å². The highest BCUT2D eigenvalue weighted by molar-refractivity contribution is 5.64. The van der Waals surface area contributed by atoms with E-state index in [0.29, 0.717) is 12.5 Å². The maximum atomic E-state index is 13.7. The van der Waals surface area contributed by atoms with Gasteiger partial charge < -0.3 is 9.84 Å². The van der Waals surface area contributed by atoms with Crippen LogP contribution < -0.4 is 4.74 Å². The smallest absolute Gasteiger partial charge is 0.406 e. The van der Waals surface area contributed by atoms with Crippen LogP contribution in [0, 0.1) is 0 Å². The SMILES string of the molecule is CC(F)(F)c1nnc2cnc(-c3ccc(OC(F)(F)F)cc3)c(CO)n12. The number of nitrogens with zero attached hydrogens (tertiary/aromatic N) is 4. The standard InChI is InChI=1S/C15H11F5N4O2/c1-14(16,17)13-23-22-11-6-21-12(10(7-25)24(11)13)8-2-4-9(5-3-8)26-15(18,19)20/h2-6,25H,7H2,1H3. The molecule has 0 amide bonds. The van der Waals surface area contributed by atoms with Gasteiger partial charge in [-0.15, -0.1) is 23.4 Å². The highest BCUT2D eigenvalue weighted by atomic mass is 19.4. The molecule has 0 aliphatic heterocycles. The Hall–Kier alpha value is -2.82. The number of halogens is 5. The molecule has 0 atom stereocenters. The predicted molar refractivity (Wildman–Crippen MR) is 78.4 cm³/mol. The fourth-order valence-corrected chi connectivity index (χ4v) is 2.43. The first-order chi connectivity index (χ1) is 12.1. The van der Waals surface area contributed by atoms with Gasteiger partial charge in [0.05, 0.1) is 24.2 Å². The van der Waals surface area contributed by atoms with E-state index in [1.54, 1.807) is 0 Å². The van der Waals surface area contributed by atoms with Crippen LogP contribution in [0.3, 0.4) is 0 Å². The molecule has 1 N–H and O–H groups in total. The zero-order valence-electron chi connectivity index (χ0n) is 13.1. The van der Waals surface area contributed by atoms with Gasteiger partial charge in [-0.25, -0.2) is 0 Å². The van der Waals surface area contributed by atoms with Crippen molar-refractivity contribution in [3.8, 4) is 17.0 Å². The van der Waals surface area contributed by atoms with Crippen molar-refractivity contribution in [1.29, 1.82) is 0 Å². The number of alkyl halides is 5. The summed E-state index contributed by atoms with van der Waals surface area (Å²) in [5, 5.41) is 16.7. The first-order valence-electron chi connectivity index (χ1n) is 7.18. The molecule has 138 valence electrons. The number of hydrogen-bond acceptors (Lipinski definition) is 5. The fraction of sp³-hybridized carbons (Fsp3) is 0.267. The summed E-state index contributed by atoms with van der Waals surface area (Å²) in [5.74, 6) is -4.46. The van der Waals surface area contributed by atoms with Gasteiger partial charge in [0.2, 0.25) is 5.82 Å². The lowest BCUT2D eigenvalue weighted by molar-refractivity contribution is -0.274. The van der Waals surface area contributed by atoms with Crippen LogP contribution >= 0.6 is 0 Å². The molecule has 0 unspecified atom stereocenters. The van der Waals surface area contributed by atoms with Crippen molar-refractivity contribution in [2.24, 2.45) is 0 Å². The lowest BCUT2D eigenvalue weighted by atomic mass is 10.1. The van der Waals surface area contributed by atoms with Gasteiger partial charge in [0, 0.05) is 12.5 Å². The largest absolute Gasteiger partial charge is 0.573 e. The van der Waals surface area contributed by atoms with Gasteiger partial charge in [-0.05, 0) is 24.3 Å². The minimum atomic E-state index is -4.83.